The number of aromatic nitrogens is 1. The van der Waals surface area contributed by atoms with Gasteiger partial charge in [0.1, 0.15) is 66.5 Å². The van der Waals surface area contributed by atoms with Crippen molar-refractivity contribution in [3.05, 3.63) is 108 Å². The normalized spacial score (nSPS) is 14.7. The Morgan fingerprint density at radius 1 is 0.393 bits per heavy atom. The van der Waals surface area contributed by atoms with Gasteiger partial charge in [0.15, 0.2) is 0 Å². The van der Waals surface area contributed by atoms with E-state index in [4.69, 9.17) is 28.7 Å². The van der Waals surface area contributed by atoms with E-state index in [1.165, 1.54) is 13.8 Å². The molecule has 12 atom stereocenters. The Morgan fingerprint density at radius 3 is 1.32 bits per heavy atom. The summed E-state index contributed by atoms with van der Waals surface area (Å²) in [4.78, 5) is 196. The van der Waals surface area contributed by atoms with E-state index < -0.39 is 180 Å². The van der Waals surface area contributed by atoms with E-state index in [1.807, 2.05) is 44.2 Å². The molecule has 588 valence electrons. The zero-order valence-electron chi connectivity index (χ0n) is 63.1. The predicted octanol–water partition coefficient (Wildman–Crippen LogP) is -0.965. The van der Waals surface area contributed by atoms with Gasteiger partial charge in [0.25, 0.3) is 0 Å². The van der Waals surface area contributed by atoms with E-state index in [2.05, 4.69) is 68.8 Å². The second-order valence-corrected chi connectivity index (χ2v) is 28.6. The molecular weight excluding hydrogens is 1380 g/mol. The third-order valence-electron chi connectivity index (χ3n) is 17.6. The molecule has 0 aliphatic heterocycles. The number of nitrogens with two attached hydrogens (primary N) is 5. The summed E-state index contributed by atoms with van der Waals surface area (Å²) < 4.78 is 0. The lowest BCUT2D eigenvalue weighted by atomic mass is 9.99. The number of carbonyl (C=O) groups excluding carboxylic acids is 14. The summed E-state index contributed by atoms with van der Waals surface area (Å²) in [6.07, 6.45) is 2.85. The Hall–Kier alpha value is -10.3. The third kappa shape index (κ3) is 31.0. The molecule has 0 aliphatic carbocycles. The van der Waals surface area contributed by atoms with E-state index in [9.17, 15) is 67.1 Å². The number of para-hydroxylation sites is 1. The first-order valence-corrected chi connectivity index (χ1v) is 36.6. The first-order valence-electron chi connectivity index (χ1n) is 36.6. The van der Waals surface area contributed by atoms with Crippen LogP contribution in [0.2, 0.25) is 0 Å². The van der Waals surface area contributed by atoms with Crippen molar-refractivity contribution in [1.82, 2.24) is 68.8 Å². The Balaban J connectivity index is 1.49. The summed E-state index contributed by atoms with van der Waals surface area (Å²) in [5, 5.41) is 32.2. The molecule has 0 spiro atoms. The number of aromatic amines is 1. The van der Waals surface area contributed by atoms with Crippen molar-refractivity contribution in [1.29, 1.82) is 0 Å². The van der Waals surface area contributed by atoms with Crippen molar-refractivity contribution in [3.8, 4) is 0 Å². The highest BCUT2D eigenvalue weighted by molar-refractivity contribution is 6.01. The highest BCUT2D eigenvalue weighted by Gasteiger charge is 2.38. The molecule has 14 amide bonds. The molecule has 32 nitrogen and oxygen atoms in total. The van der Waals surface area contributed by atoms with E-state index >= 15 is 0 Å². The Kier molecular flexibility index (Phi) is 37.6. The average molecular weight is 1490 g/mol. The first-order chi connectivity index (χ1) is 50.6. The third-order valence-corrected chi connectivity index (χ3v) is 17.6. The van der Waals surface area contributed by atoms with Gasteiger partial charge in [-0.15, -0.1) is 0 Å². The number of nitrogens with one attached hydrogen (secondary N) is 13. The number of primary amides is 2. The van der Waals surface area contributed by atoms with Gasteiger partial charge >= 0.3 is 0 Å². The Labute approximate surface area is 625 Å². The molecule has 23 N–H and O–H groups in total. The molecule has 3 aromatic carbocycles. The van der Waals surface area contributed by atoms with Crippen LogP contribution in [0.3, 0.4) is 0 Å². The van der Waals surface area contributed by atoms with Crippen LogP contribution in [-0.2, 0) is 86.4 Å². The number of benzene rings is 3. The maximum Gasteiger partial charge on any atom is 0.243 e. The van der Waals surface area contributed by atoms with Crippen LogP contribution >= 0.6 is 0 Å². The number of unbranched alkanes of at least 4 members (excludes halogenated alkanes) is 2. The second-order valence-electron chi connectivity index (χ2n) is 28.6. The molecule has 107 heavy (non-hydrogen) atoms. The molecule has 4 rings (SSSR count). The fraction of sp³-hybridized carbons (Fsp3) is 0.547. The number of amides is 14. The summed E-state index contributed by atoms with van der Waals surface area (Å²) in [6, 6.07) is 9.44. The number of fused-ring (bicyclic) bond motifs is 1. The van der Waals surface area contributed by atoms with Crippen LogP contribution in [-0.4, -0.2) is 180 Å². The van der Waals surface area contributed by atoms with Crippen LogP contribution < -0.4 is 92.5 Å². The molecule has 32 heteroatoms. The van der Waals surface area contributed by atoms with Gasteiger partial charge in [-0.05, 0) is 131 Å². The minimum absolute atomic E-state index is 0.0173. The summed E-state index contributed by atoms with van der Waals surface area (Å²) >= 11 is 0. The van der Waals surface area contributed by atoms with Gasteiger partial charge in [-0.3, -0.25) is 67.1 Å². The molecular formula is C75H114N18O14. The van der Waals surface area contributed by atoms with Gasteiger partial charge < -0.3 is 97.5 Å². The molecule has 1 aromatic heterocycles. The Morgan fingerprint density at radius 2 is 0.804 bits per heavy atom. The van der Waals surface area contributed by atoms with Crippen molar-refractivity contribution in [2.45, 2.75) is 219 Å². The minimum Gasteiger partial charge on any atom is -0.370 e. The van der Waals surface area contributed by atoms with Crippen molar-refractivity contribution in [2.24, 2.45) is 52.3 Å². The van der Waals surface area contributed by atoms with Crippen LogP contribution in [0.4, 0.5) is 0 Å². The largest absolute Gasteiger partial charge is 0.370 e. The van der Waals surface area contributed by atoms with Gasteiger partial charge in [-0.2, -0.15) is 0 Å². The Bertz CT molecular complexity index is 3630. The molecule has 0 radical (unpaired) electrons. The maximum atomic E-state index is 14.8. The van der Waals surface area contributed by atoms with E-state index in [1.54, 1.807) is 102 Å². The monoisotopic (exact) mass is 1490 g/mol. The molecule has 0 saturated carbocycles. The van der Waals surface area contributed by atoms with Gasteiger partial charge in [0.05, 0.1) is 19.0 Å². The standard InChI is InChI=1S/C75H114N18O14/c1-41(2)33-56(89-67(99)51(78)35-47-23-13-11-14-24-47)68(100)82-40-61(95)83-45(9)65(97)88-57(34-42(3)4)71(103)90-58(37-49-39-81-52-28-18-17-27-50(49)52)72(104)91-59(38-60(79)94)73(105)93-62(43(5)6)74(106)84-46(10)66(98)85-53(29-19-21-31-76)69(101)86-54(30-20-22-32-77)70(102)92-63(44(7)8)75(107)87-55(64(80)96)36-48-25-15-12-16-26-48/h11-18,23-28,39,41-46,51,53-59,62-63,81H,19-22,29-38,40,76-78H2,1-10H3,(H2,79,94)(H2,80,96)(H,82,100)(H,83,95)(H,84,106)(H,85,98)(H,86,101)(H,87,107)(H,88,97)(H,89,99)(H,90,103)(H,91,104)(H,92,102)(H,93,105)/t45-,46-,51-,53-,54-,55-,56-,57-,58-,59-,62-,63-/m0/s1. The quantitative estimate of drug-likeness (QED) is 0.0237. The molecule has 0 saturated heterocycles. The van der Waals surface area contributed by atoms with Crippen LogP contribution in [0.15, 0.2) is 91.1 Å². The lowest BCUT2D eigenvalue weighted by molar-refractivity contribution is -0.137. The number of rotatable bonds is 47. The first kappa shape index (κ1) is 89.1. The fourth-order valence-electron chi connectivity index (χ4n) is 11.6. The topological polar surface area (TPSA) is 529 Å². The zero-order valence-corrected chi connectivity index (χ0v) is 63.1. The van der Waals surface area contributed by atoms with E-state index in [0.29, 0.717) is 42.1 Å². The summed E-state index contributed by atoms with van der Waals surface area (Å²) in [5.74, 6) is -13.1. The lowest BCUT2D eigenvalue weighted by Crippen LogP contribution is -2.61. The molecule has 0 unspecified atom stereocenters. The van der Waals surface area contributed by atoms with Crippen molar-refractivity contribution >= 4 is 93.6 Å². The second kappa shape index (κ2) is 45.2. The SMILES string of the molecule is CC(C)C[C@H](NC(=O)[C@H](C)NC(=O)CNC(=O)[C@H](CC(C)C)NC(=O)[C@@H](N)Cc1ccccc1)C(=O)N[C@@H](Cc1c[nH]c2ccccc12)C(=O)N[C@@H](CC(N)=O)C(=O)N[C@H](C(=O)N[C@@H](C)C(=O)N[C@@H](CCCCN)C(=O)N[C@@H](CCCCN)C(=O)N[C@H](C(=O)N[C@@H](Cc1ccccc1)C(N)=O)C(C)C)C(C)C. The summed E-state index contributed by atoms with van der Waals surface area (Å²) in [7, 11) is 0. The molecule has 0 bridgehead atoms. The smallest absolute Gasteiger partial charge is 0.243 e. The molecule has 0 aliphatic rings. The molecule has 4 aromatic rings. The fourth-order valence-corrected chi connectivity index (χ4v) is 11.6. The van der Waals surface area contributed by atoms with Gasteiger partial charge in [-0.25, -0.2) is 0 Å². The zero-order chi connectivity index (χ0) is 79.6. The van der Waals surface area contributed by atoms with Crippen molar-refractivity contribution in [3.63, 3.8) is 0 Å². The minimum atomic E-state index is -1.78. The van der Waals surface area contributed by atoms with Crippen LogP contribution in [0, 0.1) is 23.7 Å². The van der Waals surface area contributed by atoms with E-state index in [-0.39, 0.29) is 69.9 Å². The van der Waals surface area contributed by atoms with Crippen molar-refractivity contribution in [2.75, 3.05) is 19.6 Å². The highest BCUT2D eigenvalue weighted by Crippen LogP contribution is 2.21. The lowest BCUT2D eigenvalue weighted by Gasteiger charge is -2.29. The van der Waals surface area contributed by atoms with Crippen molar-refractivity contribution < 1.29 is 67.1 Å². The number of H-pyrrole nitrogens is 1. The number of hydrogen-bond acceptors (Lipinski definition) is 17. The van der Waals surface area contributed by atoms with Crippen LogP contribution in [0.1, 0.15) is 144 Å². The summed E-state index contributed by atoms with van der Waals surface area (Å²) in [5.41, 5.74) is 31.9. The maximum absolute atomic E-state index is 14.8. The molecule has 1 heterocycles. The highest BCUT2D eigenvalue weighted by atomic mass is 16.2. The van der Waals surface area contributed by atoms with Gasteiger partial charge in [0.2, 0.25) is 82.7 Å². The van der Waals surface area contributed by atoms with Crippen LogP contribution in [0.5, 0.6) is 0 Å². The predicted molar refractivity (Wildman–Crippen MR) is 403 cm³/mol. The summed E-state index contributed by atoms with van der Waals surface area (Å²) in [6.45, 7) is 16.4. The molecule has 0 fully saturated rings. The average Bonchev–Trinajstić information content (AvgIpc) is 1.68. The number of hydrogen-bond donors (Lipinski definition) is 18. The van der Waals surface area contributed by atoms with Crippen LogP contribution in [0.25, 0.3) is 10.9 Å². The van der Waals surface area contributed by atoms with Gasteiger partial charge in [0, 0.05) is 29.9 Å². The van der Waals surface area contributed by atoms with E-state index in [0.717, 1.165) is 11.1 Å². The van der Waals surface area contributed by atoms with Gasteiger partial charge in [-0.1, -0.05) is 134 Å². The number of carbonyl (C=O) groups is 14.